The van der Waals surface area contributed by atoms with E-state index in [1.165, 1.54) is 24.3 Å². The van der Waals surface area contributed by atoms with Gasteiger partial charge in [0.2, 0.25) is 0 Å². The van der Waals surface area contributed by atoms with Crippen molar-refractivity contribution in [2.24, 2.45) is 0 Å². The second-order valence-electron chi connectivity index (χ2n) is 5.34. The van der Waals surface area contributed by atoms with E-state index in [0.717, 1.165) is 0 Å². The molecule has 0 unspecified atom stereocenters. The number of amides is 4. The Morgan fingerprint density at radius 3 is 0.596 bits per heavy atom. The lowest BCUT2D eigenvalue weighted by Crippen LogP contribution is -2.25. The summed E-state index contributed by atoms with van der Waals surface area (Å²) in [5.41, 5.74) is 1.02. The maximum Gasteiger partial charge on any atom is 0.324 e. The van der Waals surface area contributed by atoms with Crippen LogP contribution in [0.2, 0.25) is 0 Å². The van der Waals surface area contributed by atoms with Crippen LogP contribution in [0.25, 0.3) is 0 Å². The second-order valence-corrected chi connectivity index (χ2v) is 6.16. The number of nitrogens with zero attached hydrogens (tertiary/aromatic N) is 2. The van der Waals surface area contributed by atoms with Gasteiger partial charge in [-0.25, -0.2) is 22.8 Å². The summed E-state index contributed by atoms with van der Waals surface area (Å²) >= 11 is 0. The van der Waals surface area contributed by atoms with E-state index in [-0.39, 0.29) is 76.9 Å². The fourth-order valence-corrected chi connectivity index (χ4v) is 2.35. The van der Waals surface area contributed by atoms with Crippen LogP contribution in [0.4, 0.5) is 0 Å². The van der Waals surface area contributed by atoms with Crippen LogP contribution in [0.15, 0.2) is 48.5 Å². The Bertz CT molecular complexity index is 998. The number of rotatable bonds is 0. The third kappa shape index (κ3) is 27.4. The van der Waals surface area contributed by atoms with E-state index in [1.54, 1.807) is 24.3 Å². The van der Waals surface area contributed by atoms with Crippen LogP contribution in [0.1, 0.15) is 86.0 Å². The molecule has 25 heteroatoms. The first kappa shape index (κ1) is 70.0. The van der Waals surface area contributed by atoms with Crippen LogP contribution in [0, 0.1) is 9.93 Å². The van der Waals surface area contributed by atoms with Gasteiger partial charge in [0, 0.05) is 9.93 Å². The first-order valence-corrected chi connectivity index (χ1v) is 12.7. The highest BCUT2D eigenvalue weighted by atomic mass is 31.1. The van der Waals surface area contributed by atoms with Crippen molar-refractivity contribution in [3.05, 3.63) is 80.7 Å². The summed E-state index contributed by atoms with van der Waals surface area (Å²) in [5, 5.41) is 18.1. The van der Waals surface area contributed by atoms with E-state index in [2.05, 4.69) is 0 Å². The summed E-state index contributed by atoms with van der Waals surface area (Å²) in [6.45, 7) is 0. The molecule has 0 fully saturated rings. The van der Waals surface area contributed by atoms with Gasteiger partial charge in [-0.15, -0.1) is 10.1 Å². The molecule has 47 heavy (non-hydrogen) atoms. The average molecular weight is 774 g/mol. The minimum absolute atomic E-state index is 0. The minimum atomic E-state index is -0.833. The lowest BCUT2D eigenvalue weighted by atomic mass is 10.1. The van der Waals surface area contributed by atoms with Crippen LogP contribution in [0.5, 0.6) is 0 Å². The Labute approximate surface area is 279 Å². The van der Waals surface area contributed by atoms with Crippen molar-refractivity contribution >= 4 is 67.1 Å². The zero-order valence-electron chi connectivity index (χ0n) is 19.4. The van der Waals surface area contributed by atoms with Crippen LogP contribution < -0.4 is 0 Å². The van der Waals surface area contributed by atoms with Gasteiger partial charge in [0.25, 0.3) is 23.6 Å². The molecule has 2 aliphatic rings. The number of hydrogen-bond donors (Lipinski definition) is 7. The third-order valence-electron chi connectivity index (χ3n) is 3.55. The highest BCUT2D eigenvalue weighted by Gasteiger charge is 2.34. The average Bonchev–Trinajstić information content (AvgIpc) is 3.32. The fraction of sp³-hybridized carbons (Fsp3) is 0.273. The quantitative estimate of drug-likeness (QED) is 0.0895. The van der Waals surface area contributed by atoms with E-state index < -0.39 is 67.1 Å². The molecule has 2 aromatic carbocycles. The topological polar surface area (TPSA) is 336 Å². The SMILES string of the molecule is C.C.C.C.C.C.O=C1c2ccccc2C(=O)N1O.O=C1c2ccccc2C(=O)N1O.O=O.O=PO.O=PO.O=PO.O=PO.O=PO. The highest BCUT2D eigenvalue weighted by molar-refractivity contribution is 7.16. The lowest BCUT2D eigenvalue weighted by molar-refractivity contribution is -0.0330. The number of fused-ring (bicyclic) bond motifs is 2. The predicted molar refractivity (Wildman–Crippen MR) is 174 cm³/mol. The van der Waals surface area contributed by atoms with Crippen molar-refractivity contribution in [2.75, 3.05) is 0 Å². The zero-order chi connectivity index (χ0) is 33.0. The van der Waals surface area contributed by atoms with Crippen molar-refractivity contribution in [2.45, 2.75) is 44.6 Å². The summed E-state index contributed by atoms with van der Waals surface area (Å²) < 4.78 is 42.3. The molecule has 0 saturated carbocycles. The molecular formula is C22H39N2O18P5. The van der Waals surface area contributed by atoms with Gasteiger partial charge >= 0.3 is 43.4 Å². The standard InChI is InChI=1S/2C8H5NO3.6CH4.5HO2P.O2/c2*10-7-5-3-1-2-4-6(5)8(11)9(7)12;;;;;;;5*1-3-2;1-2/h2*1-4,12H;6*1H4;5*(H,1,2);. The number of carbonyl (C=O) groups is 4. The Morgan fingerprint density at radius 1 is 0.383 bits per heavy atom. The van der Waals surface area contributed by atoms with Gasteiger partial charge < -0.3 is 24.5 Å². The Kier molecular flexibility index (Phi) is 70.0. The Morgan fingerprint density at radius 2 is 0.489 bits per heavy atom. The van der Waals surface area contributed by atoms with Gasteiger partial charge in [-0.05, 0) is 24.3 Å². The molecule has 0 radical (unpaired) electrons. The minimum Gasteiger partial charge on any atom is -0.310 e. The maximum atomic E-state index is 11.1. The number of hydrogen-bond acceptors (Lipinski definition) is 13. The molecule has 7 N–H and O–H groups in total. The molecule has 0 atom stereocenters. The van der Waals surface area contributed by atoms with Gasteiger partial charge in [-0.3, -0.25) is 29.6 Å². The first-order chi connectivity index (χ1) is 19.5. The normalized spacial score (nSPS) is 10.1. The molecule has 0 aliphatic carbocycles. The third-order valence-corrected chi connectivity index (χ3v) is 3.55. The van der Waals surface area contributed by atoms with Crippen molar-refractivity contribution in [3.63, 3.8) is 0 Å². The zero-order valence-corrected chi connectivity index (χ0v) is 23.8. The lowest BCUT2D eigenvalue weighted by Gasteiger charge is -1.99. The van der Waals surface area contributed by atoms with Crippen molar-refractivity contribution in [1.29, 1.82) is 0 Å². The molecule has 20 nitrogen and oxygen atoms in total. The van der Waals surface area contributed by atoms with E-state index in [4.69, 9.17) is 67.6 Å². The monoisotopic (exact) mass is 774 g/mol. The molecule has 270 valence electrons. The maximum absolute atomic E-state index is 11.1. The van der Waals surface area contributed by atoms with Crippen LogP contribution in [-0.2, 0) is 22.8 Å². The summed E-state index contributed by atoms with van der Waals surface area (Å²) in [6, 6.07) is 12.6. The van der Waals surface area contributed by atoms with E-state index in [1.807, 2.05) is 0 Å². The van der Waals surface area contributed by atoms with Gasteiger partial charge in [-0.2, -0.15) is 0 Å². The second kappa shape index (κ2) is 47.0. The van der Waals surface area contributed by atoms with Crippen molar-refractivity contribution in [3.8, 4) is 0 Å². The number of carbonyl (C=O) groups excluding carboxylic acids is 4. The summed E-state index contributed by atoms with van der Waals surface area (Å²) in [4.78, 5) is 93.2. The molecule has 4 rings (SSSR count). The van der Waals surface area contributed by atoms with Crippen LogP contribution >= 0.6 is 43.4 Å². The molecule has 0 spiro atoms. The van der Waals surface area contributed by atoms with Crippen molar-refractivity contribution in [1.82, 2.24) is 10.1 Å². The fourth-order valence-electron chi connectivity index (χ4n) is 2.35. The molecule has 2 aliphatic heterocycles. The Hall–Kier alpha value is -3.46. The molecule has 0 bridgehead atoms. The highest BCUT2D eigenvalue weighted by Crippen LogP contribution is 2.20. The predicted octanol–water partition coefficient (Wildman–Crippen LogP) is 6.15. The van der Waals surface area contributed by atoms with Gasteiger partial charge in [0.05, 0.1) is 22.3 Å². The van der Waals surface area contributed by atoms with E-state index >= 15 is 0 Å². The smallest absolute Gasteiger partial charge is 0.310 e. The van der Waals surface area contributed by atoms with E-state index in [9.17, 15) is 19.2 Å². The molecular weight excluding hydrogens is 735 g/mol. The first-order valence-electron chi connectivity index (χ1n) is 8.85. The largest absolute Gasteiger partial charge is 0.324 e. The molecule has 0 saturated heterocycles. The molecule has 0 aromatic heterocycles. The summed E-state index contributed by atoms with van der Waals surface area (Å²) in [5.74, 6) is -2.63. The summed E-state index contributed by atoms with van der Waals surface area (Å²) in [7, 11) is -4.17. The van der Waals surface area contributed by atoms with Gasteiger partial charge in [0.1, 0.15) is 0 Å². The van der Waals surface area contributed by atoms with Gasteiger partial charge in [-0.1, -0.05) is 68.8 Å². The summed E-state index contributed by atoms with van der Waals surface area (Å²) in [6.07, 6.45) is 0. The van der Waals surface area contributed by atoms with Crippen LogP contribution in [-0.4, -0.2) is 68.6 Å². The Balaban J connectivity index is -0.0000000459. The van der Waals surface area contributed by atoms with Crippen molar-refractivity contribution < 1.29 is 76.9 Å². The number of imide groups is 2. The van der Waals surface area contributed by atoms with E-state index in [0.29, 0.717) is 0 Å². The van der Waals surface area contributed by atoms with Gasteiger partial charge in [0.15, 0.2) is 0 Å². The molecule has 2 aromatic rings. The molecule has 4 amide bonds. The van der Waals surface area contributed by atoms with Crippen LogP contribution in [0.3, 0.4) is 0 Å². The number of benzene rings is 2. The molecule has 2 heterocycles. The number of hydroxylamine groups is 4.